The number of carbonyl (C=O) groups excluding carboxylic acids is 1. The lowest BCUT2D eigenvalue weighted by Crippen LogP contribution is -2.55. The standard InChI is InChI=1S/C29H30N2O/c32-27(30-25-9-5-2-6-10-25)31-26-13-11-24(12-14-26)29-18-21-15-22(19-29)17-28(16-21,20-29)23-7-3-1-4-8-23/h1-14,21-22H,15-20H2,(H2,30,31,32)/t21-,22+,28?,29?. The summed E-state index contributed by atoms with van der Waals surface area (Å²) in [5, 5.41) is 5.86. The van der Waals surface area contributed by atoms with E-state index in [0.717, 1.165) is 23.2 Å². The molecule has 4 bridgehead atoms. The first-order valence-corrected chi connectivity index (χ1v) is 11.9. The summed E-state index contributed by atoms with van der Waals surface area (Å²) in [6.07, 6.45) is 8.02. The zero-order valence-corrected chi connectivity index (χ0v) is 18.4. The van der Waals surface area contributed by atoms with Crippen LogP contribution < -0.4 is 10.6 Å². The van der Waals surface area contributed by atoms with Gasteiger partial charge in [-0.15, -0.1) is 0 Å². The van der Waals surface area contributed by atoms with Crippen LogP contribution in [0.25, 0.3) is 0 Å². The number of rotatable bonds is 4. The summed E-state index contributed by atoms with van der Waals surface area (Å²) in [5.41, 5.74) is 5.27. The van der Waals surface area contributed by atoms with E-state index < -0.39 is 0 Å². The first-order chi connectivity index (χ1) is 15.6. The Morgan fingerprint density at radius 3 is 1.66 bits per heavy atom. The number of nitrogens with one attached hydrogen (secondary N) is 2. The van der Waals surface area contributed by atoms with E-state index in [1.54, 1.807) is 5.56 Å². The minimum Gasteiger partial charge on any atom is -0.308 e. The molecule has 4 fully saturated rings. The lowest BCUT2D eigenvalue weighted by atomic mass is 9.42. The maximum Gasteiger partial charge on any atom is 0.323 e. The smallest absolute Gasteiger partial charge is 0.308 e. The molecular formula is C29H30N2O. The van der Waals surface area contributed by atoms with E-state index in [-0.39, 0.29) is 11.4 Å². The molecule has 4 saturated carbocycles. The molecule has 2 amide bonds. The van der Waals surface area contributed by atoms with E-state index in [4.69, 9.17) is 0 Å². The third kappa shape index (κ3) is 3.40. The fourth-order valence-corrected chi connectivity index (χ4v) is 7.45. The van der Waals surface area contributed by atoms with Crippen LogP contribution in [0.4, 0.5) is 16.2 Å². The van der Waals surface area contributed by atoms with Crippen molar-refractivity contribution >= 4 is 17.4 Å². The van der Waals surface area contributed by atoms with E-state index in [2.05, 4.69) is 65.2 Å². The molecule has 32 heavy (non-hydrogen) atoms. The third-order valence-electron chi connectivity index (χ3n) is 8.23. The van der Waals surface area contributed by atoms with Gasteiger partial charge in [-0.2, -0.15) is 0 Å². The summed E-state index contributed by atoms with van der Waals surface area (Å²) in [6, 6.07) is 29.3. The van der Waals surface area contributed by atoms with Crippen LogP contribution in [0.2, 0.25) is 0 Å². The Kier molecular flexibility index (Phi) is 4.60. The van der Waals surface area contributed by atoms with Crippen LogP contribution in [0.5, 0.6) is 0 Å². The minimum absolute atomic E-state index is 0.207. The maximum atomic E-state index is 12.4. The van der Waals surface area contributed by atoms with Crippen LogP contribution in [0.15, 0.2) is 84.9 Å². The normalized spacial score (nSPS) is 30.1. The van der Waals surface area contributed by atoms with Crippen molar-refractivity contribution in [3.05, 3.63) is 96.1 Å². The number of amides is 2. The lowest BCUT2D eigenvalue weighted by molar-refractivity contribution is -0.0281. The predicted molar refractivity (Wildman–Crippen MR) is 130 cm³/mol. The van der Waals surface area contributed by atoms with Crippen molar-refractivity contribution in [2.45, 2.75) is 49.4 Å². The fourth-order valence-electron chi connectivity index (χ4n) is 7.45. The SMILES string of the molecule is O=C(Nc1ccccc1)Nc1ccc(C23C[C@@H]4C[C@@H](CC(c5ccccc5)(C4)C2)C3)cc1. The average molecular weight is 423 g/mol. The first kappa shape index (κ1) is 19.6. The van der Waals surface area contributed by atoms with Gasteiger partial charge in [0.05, 0.1) is 0 Å². The van der Waals surface area contributed by atoms with Crippen molar-refractivity contribution in [3.63, 3.8) is 0 Å². The van der Waals surface area contributed by atoms with Crippen molar-refractivity contribution in [2.75, 3.05) is 10.6 Å². The molecule has 162 valence electrons. The zero-order valence-electron chi connectivity index (χ0n) is 18.4. The molecule has 0 radical (unpaired) electrons. The number of hydrogen-bond donors (Lipinski definition) is 2. The molecule has 3 heteroatoms. The summed E-state index contributed by atoms with van der Waals surface area (Å²) in [5.74, 6) is 1.68. The third-order valence-corrected chi connectivity index (χ3v) is 8.23. The Labute approximate surface area is 190 Å². The Balaban J connectivity index is 1.23. The maximum absolute atomic E-state index is 12.4. The molecule has 0 aliphatic heterocycles. The van der Waals surface area contributed by atoms with Gasteiger partial charge in [0, 0.05) is 11.4 Å². The Morgan fingerprint density at radius 2 is 1.09 bits per heavy atom. The quantitative estimate of drug-likeness (QED) is 0.462. The average Bonchev–Trinajstić information content (AvgIpc) is 2.80. The van der Waals surface area contributed by atoms with E-state index in [0.29, 0.717) is 5.41 Å². The highest BCUT2D eigenvalue weighted by atomic mass is 16.2. The van der Waals surface area contributed by atoms with Crippen molar-refractivity contribution in [1.29, 1.82) is 0 Å². The van der Waals surface area contributed by atoms with Crippen LogP contribution in [0, 0.1) is 11.8 Å². The number of hydrogen-bond acceptors (Lipinski definition) is 1. The highest BCUT2D eigenvalue weighted by molar-refractivity contribution is 5.99. The van der Waals surface area contributed by atoms with E-state index in [1.165, 1.54) is 44.1 Å². The molecule has 2 N–H and O–H groups in total. The molecule has 0 saturated heterocycles. The van der Waals surface area contributed by atoms with Gasteiger partial charge in [-0.05, 0) is 96.6 Å². The number of para-hydroxylation sites is 1. The number of urea groups is 1. The number of benzene rings is 3. The molecule has 3 nitrogen and oxygen atoms in total. The van der Waals surface area contributed by atoms with Gasteiger partial charge in [-0.3, -0.25) is 0 Å². The van der Waals surface area contributed by atoms with Gasteiger partial charge in [0.1, 0.15) is 0 Å². The molecule has 0 aromatic heterocycles. The molecule has 4 aliphatic carbocycles. The lowest BCUT2D eigenvalue weighted by Gasteiger charge is -2.62. The van der Waals surface area contributed by atoms with Gasteiger partial charge in [-0.25, -0.2) is 4.79 Å². The molecular weight excluding hydrogens is 392 g/mol. The van der Waals surface area contributed by atoms with Gasteiger partial charge in [0.2, 0.25) is 0 Å². The molecule has 0 spiro atoms. The topological polar surface area (TPSA) is 41.1 Å². The van der Waals surface area contributed by atoms with Gasteiger partial charge in [0.25, 0.3) is 0 Å². The summed E-state index contributed by atoms with van der Waals surface area (Å²) in [7, 11) is 0. The second kappa shape index (κ2) is 7.51. The molecule has 7 rings (SSSR count). The van der Waals surface area contributed by atoms with Crippen molar-refractivity contribution < 1.29 is 4.79 Å². The molecule has 3 aromatic rings. The van der Waals surface area contributed by atoms with Gasteiger partial charge in [0.15, 0.2) is 0 Å². The summed E-state index contributed by atoms with van der Waals surface area (Å²) in [6.45, 7) is 0. The molecule has 2 unspecified atom stereocenters. The second-order valence-electron chi connectivity index (χ2n) is 10.4. The fraction of sp³-hybridized carbons (Fsp3) is 0.345. The highest BCUT2D eigenvalue weighted by Crippen LogP contribution is 2.66. The molecule has 4 atom stereocenters. The van der Waals surface area contributed by atoms with Crippen molar-refractivity contribution in [2.24, 2.45) is 11.8 Å². The van der Waals surface area contributed by atoms with Crippen molar-refractivity contribution in [3.8, 4) is 0 Å². The zero-order chi connectivity index (χ0) is 21.6. The van der Waals surface area contributed by atoms with Crippen LogP contribution >= 0.6 is 0 Å². The van der Waals surface area contributed by atoms with Crippen LogP contribution in [0.1, 0.15) is 49.7 Å². The van der Waals surface area contributed by atoms with Gasteiger partial charge < -0.3 is 10.6 Å². The summed E-state index contributed by atoms with van der Waals surface area (Å²) in [4.78, 5) is 12.4. The van der Waals surface area contributed by atoms with E-state index in [1.807, 2.05) is 30.3 Å². The number of carbonyl (C=O) groups is 1. The monoisotopic (exact) mass is 422 g/mol. The van der Waals surface area contributed by atoms with Crippen LogP contribution in [-0.4, -0.2) is 6.03 Å². The number of anilines is 2. The molecule has 4 aliphatic rings. The van der Waals surface area contributed by atoms with E-state index >= 15 is 0 Å². The van der Waals surface area contributed by atoms with Crippen LogP contribution in [0.3, 0.4) is 0 Å². The van der Waals surface area contributed by atoms with Crippen molar-refractivity contribution in [1.82, 2.24) is 0 Å². The summed E-state index contributed by atoms with van der Waals surface area (Å²) < 4.78 is 0. The molecule has 3 aromatic carbocycles. The van der Waals surface area contributed by atoms with Crippen LogP contribution in [-0.2, 0) is 10.8 Å². The Hall–Kier alpha value is -3.07. The molecule has 0 heterocycles. The minimum atomic E-state index is -0.207. The predicted octanol–water partition coefficient (Wildman–Crippen LogP) is 7.12. The highest BCUT2D eigenvalue weighted by Gasteiger charge is 2.58. The Bertz CT molecular complexity index is 1090. The first-order valence-electron chi connectivity index (χ1n) is 11.9. The van der Waals surface area contributed by atoms with E-state index in [9.17, 15) is 4.79 Å². The van der Waals surface area contributed by atoms with Gasteiger partial charge >= 0.3 is 6.03 Å². The summed E-state index contributed by atoms with van der Waals surface area (Å²) >= 11 is 0. The Morgan fingerprint density at radius 1 is 0.625 bits per heavy atom. The van der Waals surface area contributed by atoms with Gasteiger partial charge in [-0.1, -0.05) is 60.7 Å². The largest absolute Gasteiger partial charge is 0.323 e. The second-order valence-corrected chi connectivity index (χ2v) is 10.4.